The maximum Gasteiger partial charge on any atom is 0.197 e. The lowest BCUT2D eigenvalue weighted by atomic mass is 10.1. The number of fused-ring (bicyclic) bond motifs is 2. The molecule has 2 aromatic carbocycles. The Morgan fingerprint density at radius 1 is 1.12 bits per heavy atom. The van der Waals surface area contributed by atoms with E-state index in [-0.39, 0.29) is 12.0 Å². The summed E-state index contributed by atoms with van der Waals surface area (Å²) in [6.45, 7) is 8.27. The van der Waals surface area contributed by atoms with Gasteiger partial charge < -0.3 is 15.3 Å². The first-order valence-electron chi connectivity index (χ1n) is 9.24. The molecule has 0 fully saturated rings. The fraction of sp³-hybridized carbons (Fsp3) is 0.381. The molecular formula is C21H26N2O2S. The number of hydrogen-bond acceptors (Lipinski definition) is 5. The van der Waals surface area contributed by atoms with E-state index in [2.05, 4.69) is 24.1 Å². The SMILES string of the molecule is CCN(CC)CCCNc1ccc(CO)c2sc3ccccc3c(=O)c12. The number of rotatable bonds is 8. The third-order valence-electron chi connectivity index (χ3n) is 4.84. The van der Waals surface area contributed by atoms with E-state index in [1.165, 1.54) is 0 Å². The van der Waals surface area contributed by atoms with Gasteiger partial charge in [0.25, 0.3) is 0 Å². The van der Waals surface area contributed by atoms with E-state index < -0.39 is 0 Å². The molecule has 1 heterocycles. The van der Waals surface area contributed by atoms with Crippen LogP contribution in [0.3, 0.4) is 0 Å². The number of anilines is 1. The molecule has 0 amide bonds. The van der Waals surface area contributed by atoms with Crippen molar-refractivity contribution in [2.24, 2.45) is 0 Å². The van der Waals surface area contributed by atoms with Crippen molar-refractivity contribution < 1.29 is 5.11 Å². The van der Waals surface area contributed by atoms with E-state index >= 15 is 0 Å². The highest BCUT2D eigenvalue weighted by Gasteiger charge is 2.13. The topological polar surface area (TPSA) is 52.6 Å². The molecule has 26 heavy (non-hydrogen) atoms. The molecule has 0 atom stereocenters. The Balaban J connectivity index is 1.96. The fourth-order valence-electron chi connectivity index (χ4n) is 3.29. The molecule has 0 aliphatic carbocycles. The number of nitrogens with zero attached hydrogens (tertiary/aromatic N) is 1. The van der Waals surface area contributed by atoms with Crippen molar-refractivity contribution in [3.63, 3.8) is 0 Å². The Bertz CT molecular complexity index is 948. The van der Waals surface area contributed by atoms with Gasteiger partial charge in [-0.3, -0.25) is 4.79 Å². The van der Waals surface area contributed by atoms with Crippen LogP contribution in [0.5, 0.6) is 0 Å². The summed E-state index contributed by atoms with van der Waals surface area (Å²) in [6.07, 6.45) is 1.02. The standard InChI is InChI=1S/C21H26N2O2S/c1-3-23(4-2)13-7-12-22-17-11-10-15(14-24)21-19(17)20(25)16-8-5-6-9-18(16)26-21/h5-6,8-11,22,24H,3-4,7,12-14H2,1-2H3. The van der Waals surface area contributed by atoms with Gasteiger partial charge in [0, 0.05) is 27.0 Å². The van der Waals surface area contributed by atoms with Gasteiger partial charge in [-0.15, -0.1) is 11.3 Å². The van der Waals surface area contributed by atoms with Crippen LogP contribution >= 0.6 is 11.3 Å². The van der Waals surface area contributed by atoms with E-state index in [1.807, 2.05) is 36.4 Å². The van der Waals surface area contributed by atoms with E-state index in [0.717, 1.165) is 58.6 Å². The summed E-state index contributed by atoms with van der Waals surface area (Å²) in [4.78, 5) is 15.5. The second kappa shape index (κ2) is 8.62. The van der Waals surface area contributed by atoms with Crippen LogP contribution in [0.4, 0.5) is 5.69 Å². The first-order valence-corrected chi connectivity index (χ1v) is 10.1. The quantitative estimate of drug-likeness (QED) is 0.464. The van der Waals surface area contributed by atoms with Crippen molar-refractivity contribution in [1.82, 2.24) is 4.90 Å². The lowest BCUT2D eigenvalue weighted by molar-refractivity contribution is 0.283. The minimum atomic E-state index is -0.0625. The van der Waals surface area contributed by atoms with Crippen LogP contribution in [0.25, 0.3) is 20.2 Å². The van der Waals surface area contributed by atoms with E-state index in [4.69, 9.17) is 0 Å². The third kappa shape index (κ3) is 3.75. The van der Waals surface area contributed by atoms with Crippen LogP contribution in [-0.2, 0) is 6.61 Å². The molecule has 0 saturated heterocycles. The summed E-state index contributed by atoms with van der Waals surface area (Å²) in [6, 6.07) is 11.5. The fourth-order valence-corrected chi connectivity index (χ4v) is 4.50. The van der Waals surface area contributed by atoms with Crippen LogP contribution in [0.15, 0.2) is 41.2 Å². The van der Waals surface area contributed by atoms with Crippen molar-refractivity contribution in [3.8, 4) is 0 Å². The van der Waals surface area contributed by atoms with Crippen LogP contribution in [0.1, 0.15) is 25.8 Å². The van der Waals surface area contributed by atoms with Gasteiger partial charge in [-0.25, -0.2) is 0 Å². The van der Waals surface area contributed by atoms with Crippen LogP contribution < -0.4 is 10.7 Å². The molecule has 3 rings (SSSR count). The second-order valence-electron chi connectivity index (χ2n) is 6.37. The van der Waals surface area contributed by atoms with Gasteiger partial charge in [-0.1, -0.05) is 32.0 Å². The van der Waals surface area contributed by atoms with E-state index in [0.29, 0.717) is 5.39 Å². The monoisotopic (exact) mass is 370 g/mol. The van der Waals surface area contributed by atoms with Gasteiger partial charge in [-0.05, 0) is 49.8 Å². The van der Waals surface area contributed by atoms with Crippen molar-refractivity contribution >= 4 is 37.2 Å². The molecule has 1 aromatic heterocycles. The van der Waals surface area contributed by atoms with Crippen molar-refractivity contribution in [3.05, 3.63) is 52.2 Å². The maximum absolute atomic E-state index is 13.1. The summed E-state index contributed by atoms with van der Waals surface area (Å²) in [5.74, 6) is 0. The molecule has 2 N–H and O–H groups in total. The minimum absolute atomic E-state index is 0.0379. The highest BCUT2D eigenvalue weighted by Crippen LogP contribution is 2.32. The Labute approximate surface area is 158 Å². The number of nitrogens with one attached hydrogen (secondary N) is 1. The predicted molar refractivity (Wildman–Crippen MR) is 112 cm³/mol. The lowest BCUT2D eigenvalue weighted by Crippen LogP contribution is -2.25. The molecule has 0 bridgehead atoms. The average Bonchev–Trinajstić information content (AvgIpc) is 2.68. The summed E-state index contributed by atoms with van der Waals surface area (Å²) < 4.78 is 1.84. The van der Waals surface area contributed by atoms with Crippen molar-refractivity contribution in [2.45, 2.75) is 26.9 Å². The Morgan fingerprint density at radius 2 is 1.88 bits per heavy atom. The van der Waals surface area contributed by atoms with Crippen molar-refractivity contribution in [2.75, 3.05) is 31.5 Å². The molecule has 5 heteroatoms. The van der Waals surface area contributed by atoms with Crippen LogP contribution in [-0.4, -0.2) is 36.2 Å². The molecule has 138 valence electrons. The smallest absolute Gasteiger partial charge is 0.197 e. The number of benzene rings is 2. The molecule has 0 spiro atoms. The van der Waals surface area contributed by atoms with Gasteiger partial charge in [0.1, 0.15) is 0 Å². The normalized spacial score (nSPS) is 11.5. The minimum Gasteiger partial charge on any atom is -0.392 e. The summed E-state index contributed by atoms with van der Waals surface area (Å²) in [5.41, 5.74) is 1.71. The highest BCUT2D eigenvalue weighted by atomic mass is 32.1. The molecule has 4 nitrogen and oxygen atoms in total. The Kier molecular flexibility index (Phi) is 6.25. The molecule has 0 unspecified atom stereocenters. The lowest BCUT2D eigenvalue weighted by Gasteiger charge is -2.18. The zero-order chi connectivity index (χ0) is 18.5. The molecule has 0 aliphatic heterocycles. The van der Waals surface area contributed by atoms with E-state index in [1.54, 1.807) is 11.3 Å². The summed E-state index contributed by atoms with van der Waals surface area (Å²) in [7, 11) is 0. The van der Waals surface area contributed by atoms with Gasteiger partial charge in [0.2, 0.25) is 0 Å². The Hall–Kier alpha value is -1.95. The first-order chi connectivity index (χ1) is 12.7. The first kappa shape index (κ1) is 18.8. The predicted octanol–water partition coefficient (Wildman–Crippen LogP) is 4.05. The molecule has 0 radical (unpaired) electrons. The molecular weight excluding hydrogens is 344 g/mol. The largest absolute Gasteiger partial charge is 0.392 e. The van der Waals surface area contributed by atoms with Gasteiger partial charge in [0.15, 0.2) is 5.43 Å². The number of hydrogen-bond donors (Lipinski definition) is 2. The van der Waals surface area contributed by atoms with Crippen molar-refractivity contribution in [1.29, 1.82) is 0 Å². The third-order valence-corrected chi connectivity index (χ3v) is 6.09. The van der Waals surface area contributed by atoms with Crippen LogP contribution in [0.2, 0.25) is 0 Å². The summed E-state index contributed by atoms with van der Waals surface area (Å²) in [5, 5.41) is 14.6. The molecule has 0 saturated carbocycles. The molecule has 0 aliphatic rings. The number of aliphatic hydroxyl groups is 1. The van der Waals surface area contributed by atoms with Gasteiger partial charge >= 0.3 is 0 Å². The Morgan fingerprint density at radius 3 is 2.62 bits per heavy atom. The maximum atomic E-state index is 13.1. The second-order valence-corrected chi connectivity index (χ2v) is 7.42. The summed E-state index contributed by atoms with van der Waals surface area (Å²) >= 11 is 1.57. The molecule has 3 aromatic rings. The van der Waals surface area contributed by atoms with Gasteiger partial charge in [-0.2, -0.15) is 0 Å². The number of aliphatic hydroxyl groups excluding tert-OH is 1. The van der Waals surface area contributed by atoms with E-state index in [9.17, 15) is 9.90 Å². The van der Waals surface area contributed by atoms with Gasteiger partial charge in [0.05, 0.1) is 12.0 Å². The average molecular weight is 371 g/mol. The van der Waals surface area contributed by atoms with Crippen LogP contribution in [0, 0.1) is 0 Å². The zero-order valence-corrected chi connectivity index (χ0v) is 16.2. The highest BCUT2D eigenvalue weighted by molar-refractivity contribution is 7.24. The zero-order valence-electron chi connectivity index (χ0n) is 15.4.